The SMILES string of the molecule is CC(C)(C)[C@@H](NC(=O)CCc1ccccc1N)C(=O)O. The zero-order valence-electron chi connectivity index (χ0n) is 12.1. The van der Waals surface area contributed by atoms with E-state index >= 15 is 0 Å². The molecule has 1 amide bonds. The van der Waals surface area contributed by atoms with Crippen LogP contribution in [-0.4, -0.2) is 23.0 Å². The number of rotatable bonds is 5. The zero-order valence-corrected chi connectivity index (χ0v) is 12.1. The first kappa shape index (κ1) is 16.0. The number of carboxylic acid groups (broad SMARTS) is 1. The van der Waals surface area contributed by atoms with E-state index in [-0.39, 0.29) is 12.3 Å². The van der Waals surface area contributed by atoms with Crippen molar-refractivity contribution < 1.29 is 14.7 Å². The van der Waals surface area contributed by atoms with E-state index in [2.05, 4.69) is 5.32 Å². The highest BCUT2D eigenvalue weighted by Gasteiger charge is 2.32. The maximum absolute atomic E-state index is 11.9. The third kappa shape index (κ3) is 4.57. The Bertz CT molecular complexity index is 492. The molecule has 0 aromatic heterocycles. The first-order valence-corrected chi connectivity index (χ1v) is 6.57. The van der Waals surface area contributed by atoms with Crippen molar-refractivity contribution in [2.24, 2.45) is 5.41 Å². The van der Waals surface area contributed by atoms with Gasteiger partial charge in [0.05, 0.1) is 0 Å². The number of hydrogen-bond acceptors (Lipinski definition) is 3. The molecule has 1 atom stereocenters. The zero-order chi connectivity index (χ0) is 15.3. The van der Waals surface area contributed by atoms with Gasteiger partial charge in [-0.05, 0) is 23.5 Å². The Balaban J connectivity index is 2.60. The molecule has 5 nitrogen and oxygen atoms in total. The Morgan fingerprint density at radius 1 is 1.30 bits per heavy atom. The lowest BCUT2D eigenvalue weighted by Gasteiger charge is -2.27. The van der Waals surface area contributed by atoms with Crippen LogP contribution in [0.1, 0.15) is 32.8 Å². The number of carbonyl (C=O) groups excluding carboxylic acids is 1. The van der Waals surface area contributed by atoms with Crippen LogP contribution in [0.5, 0.6) is 0 Å². The second-order valence-electron chi connectivity index (χ2n) is 5.90. The molecule has 5 heteroatoms. The number of amides is 1. The molecule has 20 heavy (non-hydrogen) atoms. The van der Waals surface area contributed by atoms with Crippen LogP contribution in [0.25, 0.3) is 0 Å². The summed E-state index contributed by atoms with van der Waals surface area (Å²) in [6, 6.07) is 6.43. The fourth-order valence-corrected chi connectivity index (χ4v) is 1.89. The molecule has 0 aliphatic carbocycles. The normalized spacial score (nSPS) is 12.8. The summed E-state index contributed by atoms with van der Waals surface area (Å²) in [6.07, 6.45) is 0.711. The smallest absolute Gasteiger partial charge is 0.326 e. The molecule has 0 heterocycles. The van der Waals surface area contributed by atoms with Gasteiger partial charge in [0.2, 0.25) is 5.91 Å². The lowest BCUT2D eigenvalue weighted by molar-refractivity contribution is -0.144. The van der Waals surface area contributed by atoms with Gasteiger partial charge in [0.25, 0.3) is 0 Å². The Morgan fingerprint density at radius 2 is 1.90 bits per heavy atom. The molecule has 0 saturated carbocycles. The molecular formula is C15H22N2O3. The molecule has 1 rings (SSSR count). The maximum Gasteiger partial charge on any atom is 0.326 e. The number of nitrogens with two attached hydrogens (primary N) is 1. The molecule has 0 unspecified atom stereocenters. The third-order valence-corrected chi connectivity index (χ3v) is 3.09. The first-order valence-electron chi connectivity index (χ1n) is 6.57. The van der Waals surface area contributed by atoms with Crippen LogP contribution in [0.2, 0.25) is 0 Å². The summed E-state index contributed by atoms with van der Waals surface area (Å²) in [5, 5.41) is 11.7. The second kappa shape index (κ2) is 6.41. The molecule has 0 aliphatic rings. The molecule has 0 fully saturated rings. The van der Waals surface area contributed by atoms with Crippen molar-refractivity contribution in [3.05, 3.63) is 29.8 Å². The van der Waals surface area contributed by atoms with Crippen molar-refractivity contribution in [3.8, 4) is 0 Å². The molecule has 0 spiro atoms. The van der Waals surface area contributed by atoms with E-state index in [4.69, 9.17) is 10.8 Å². The first-order chi connectivity index (χ1) is 9.21. The topological polar surface area (TPSA) is 92.4 Å². The molecule has 110 valence electrons. The van der Waals surface area contributed by atoms with Gasteiger partial charge in [-0.25, -0.2) is 4.79 Å². The van der Waals surface area contributed by atoms with E-state index in [1.165, 1.54) is 0 Å². The minimum Gasteiger partial charge on any atom is -0.480 e. The average molecular weight is 278 g/mol. The number of aliphatic carboxylic acids is 1. The van der Waals surface area contributed by atoms with E-state index < -0.39 is 17.4 Å². The highest BCUT2D eigenvalue weighted by molar-refractivity contribution is 5.84. The molecule has 0 radical (unpaired) electrons. The minimum absolute atomic E-state index is 0.216. The van der Waals surface area contributed by atoms with E-state index in [1.54, 1.807) is 26.8 Å². The van der Waals surface area contributed by atoms with Crippen LogP contribution in [0.4, 0.5) is 5.69 Å². The van der Waals surface area contributed by atoms with Crippen LogP contribution in [0.3, 0.4) is 0 Å². The van der Waals surface area contributed by atoms with Crippen molar-refractivity contribution >= 4 is 17.6 Å². The van der Waals surface area contributed by atoms with Crippen molar-refractivity contribution in [1.82, 2.24) is 5.32 Å². The van der Waals surface area contributed by atoms with Gasteiger partial charge in [-0.15, -0.1) is 0 Å². The number of carboxylic acids is 1. The van der Waals surface area contributed by atoms with Crippen molar-refractivity contribution in [2.75, 3.05) is 5.73 Å². The number of para-hydroxylation sites is 1. The number of aryl methyl sites for hydroxylation is 1. The van der Waals surface area contributed by atoms with Gasteiger partial charge >= 0.3 is 5.97 Å². The Labute approximate surface area is 119 Å². The minimum atomic E-state index is -1.02. The van der Waals surface area contributed by atoms with Crippen LogP contribution in [0, 0.1) is 5.41 Å². The van der Waals surface area contributed by atoms with Crippen molar-refractivity contribution in [3.63, 3.8) is 0 Å². The fraction of sp³-hybridized carbons (Fsp3) is 0.467. The predicted molar refractivity (Wildman–Crippen MR) is 78.2 cm³/mol. The van der Waals surface area contributed by atoms with Crippen molar-refractivity contribution in [2.45, 2.75) is 39.7 Å². The van der Waals surface area contributed by atoms with Crippen LogP contribution in [-0.2, 0) is 16.0 Å². The summed E-state index contributed by atoms with van der Waals surface area (Å²) in [7, 11) is 0. The van der Waals surface area contributed by atoms with E-state index in [0.717, 1.165) is 5.56 Å². The molecule has 0 saturated heterocycles. The van der Waals surface area contributed by atoms with E-state index in [0.29, 0.717) is 12.1 Å². The number of anilines is 1. The van der Waals surface area contributed by atoms with Gasteiger partial charge < -0.3 is 16.2 Å². The molecule has 0 aliphatic heterocycles. The van der Waals surface area contributed by atoms with Gasteiger partial charge in [0, 0.05) is 12.1 Å². The van der Waals surface area contributed by atoms with Crippen molar-refractivity contribution in [1.29, 1.82) is 0 Å². The fourth-order valence-electron chi connectivity index (χ4n) is 1.89. The summed E-state index contributed by atoms with van der Waals surface area (Å²) in [5.74, 6) is -1.30. The summed E-state index contributed by atoms with van der Waals surface area (Å²) < 4.78 is 0. The number of benzene rings is 1. The van der Waals surface area contributed by atoms with Gasteiger partial charge in [-0.3, -0.25) is 4.79 Å². The number of nitrogens with one attached hydrogen (secondary N) is 1. The molecule has 1 aromatic carbocycles. The Kier molecular flexibility index (Phi) is 5.13. The third-order valence-electron chi connectivity index (χ3n) is 3.09. The van der Waals surface area contributed by atoms with Crippen LogP contribution < -0.4 is 11.1 Å². The highest BCUT2D eigenvalue weighted by Crippen LogP contribution is 2.20. The standard InChI is InChI=1S/C15H22N2O3/c1-15(2,3)13(14(19)20)17-12(18)9-8-10-6-4-5-7-11(10)16/h4-7,13H,8-9,16H2,1-3H3,(H,17,18)(H,19,20)/t13-/m0/s1. The molecular weight excluding hydrogens is 256 g/mol. The van der Waals surface area contributed by atoms with Crippen LogP contribution in [0.15, 0.2) is 24.3 Å². The molecule has 0 bridgehead atoms. The number of hydrogen-bond donors (Lipinski definition) is 3. The lowest BCUT2D eigenvalue weighted by atomic mass is 9.86. The summed E-state index contributed by atoms with van der Waals surface area (Å²) in [4.78, 5) is 23.0. The quantitative estimate of drug-likeness (QED) is 0.716. The Hall–Kier alpha value is -2.04. The second-order valence-corrected chi connectivity index (χ2v) is 5.90. The summed E-state index contributed by atoms with van der Waals surface area (Å²) >= 11 is 0. The van der Waals surface area contributed by atoms with Gasteiger partial charge in [0.15, 0.2) is 0 Å². The maximum atomic E-state index is 11.9. The van der Waals surface area contributed by atoms with Gasteiger partial charge in [-0.2, -0.15) is 0 Å². The largest absolute Gasteiger partial charge is 0.480 e. The molecule has 4 N–H and O–H groups in total. The summed E-state index contributed by atoms with van der Waals surface area (Å²) in [6.45, 7) is 5.34. The van der Waals surface area contributed by atoms with E-state index in [1.807, 2.05) is 18.2 Å². The van der Waals surface area contributed by atoms with Gasteiger partial charge in [-0.1, -0.05) is 39.0 Å². The molecule has 1 aromatic rings. The number of carbonyl (C=O) groups is 2. The predicted octanol–water partition coefficient (Wildman–Crippen LogP) is 1.82. The van der Waals surface area contributed by atoms with Crippen LogP contribution >= 0.6 is 0 Å². The average Bonchev–Trinajstić information content (AvgIpc) is 2.33. The monoisotopic (exact) mass is 278 g/mol. The Morgan fingerprint density at radius 3 is 2.40 bits per heavy atom. The number of nitrogen functional groups attached to an aromatic ring is 1. The van der Waals surface area contributed by atoms with Gasteiger partial charge in [0.1, 0.15) is 6.04 Å². The summed E-state index contributed by atoms with van der Waals surface area (Å²) in [5.41, 5.74) is 6.80. The van der Waals surface area contributed by atoms with E-state index in [9.17, 15) is 9.59 Å². The highest BCUT2D eigenvalue weighted by atomic mass is 16.4. The lowest BCUT2D eigenvalue weighted by Crippen LogP contribution is -2.49.